The quantitative estimate of drug-likeness (QED) is 0.439. The van der Waals surface area contributed by atoms with Crippen molar-refractivity contribution in [3.8, 4) is 0 Å². The SMILES string of the molecule is CCOCCN(C)NC(=O)C1=NN(c2ccc(Cl)cc2Cl)C(c2ccc(Cl)cc2)C1. The summed E-state index contributed by atoms with van der Waals surface area (Å²) in [5, 5.41) is 9.68. The zero-order valence-electron chi connectivity index (χ0n) is 16.7. The molecule has 1 aliphatic heterocycles. The third-order valence-corrected chi connectivity index (χ3v) is 5.44. The Morgan fingerprint density at radius 2 is 1.90 bits per heavy atom. The van der Waals surface area contributed by atoms with E-state index >= 15 is 0 Å². The summed E-state index contributed by atoms with van der Waals surface area (Å²) in [6.45, 7) is 3.66. The molecule has 1 aliphatic rings. The van der Waals surface area contributed by atoms with Gasteiger partial charge in [0.25, 0.3) is 5.91 Å². The van der Waals surface area contributed by atoms with E-state index in [1.54, 1.807) is 35.3 Å². The number of carbonyl (C=O) groups is 1. The number of nitrogens with one attached hydrogen (secondary N) is 1. The number of hydrazone groups is 1. The molecule has 9 heteroatoms. The molecule has 0 bridgehead atoms. The van der Waals surface area contributed by atoms with Crippen LogP contribution in [0.4, 0.5) is 5.69 Å². The Bertz CT molecular complexity index is 921. The molecule has 1 heterocycles. The summed E-state index contributed by atoms with van der Waals surface area (Å²) in [6.07, 6.45) is 0.422. The van der Waals surface area contributed by atoms with Crippen molar-refractivity contribution in [1.29, 1.82) is 0 Å². The van der Waals surface area contributed by atoms with Crippen molar-refractivity contribution in [3.63, 3.8) is 0 Å². The molecule has 2 aromatic carbocycles. The molecule has 0 aliphatic carbocycles. The molecule has 1 N–H and O–H groups in total. The highest BCUT2D eigenvalue weighted by Crippen LogP contribution is 2.39. The summed E-state index contributed by atoms with van der Waals surface area (Å²) < 4.78 is 5.33. The summed E-state index contributed by atoms with van der Waals surface area (Å²) in [5.41, 5.74) is 4.89. The smallest absolute Gasteiger partial charge is 0.281 e. The van der Waals surface area contributed by atoms with E-state index in [1.807, 2.05) is 31.2 Å². The first-order chi connectivity index (χ1) is 14.4. The minimum atomic E-state index is -0.263. The number of rotatable bonds is 8. The van der Waals surface area contributed by atoms with Crippen molar-refractivity contribution >= 4 is 52.1 Å². The molecule has 2 aromatic rings. The second kappa shape index (κ2) is 10.5. The van der Waals surface area contributed by atoms with E-state index in [1.165, 1.54) is 0 Å². The Kier molecular flexibility index (Phi) is 7.97. The highest BCUT2D eigenvalue weighted by atomic mass is 35.5. The van der Waals surface area contributed by atoms with Gasteiger partial charge in [-0.2, -0.15) is 5.10 Å². The number of carbonyl (C=O) groups excluding carboxylic acids is 1. The zero-order valence-corrected chi connectivity index (χ0v) is 19.0. The van der Waals surface area contributed by atoms with Crippen LogP contribution in [0.2, 0.25) is 15.1 Å². The van der Waals surface area contributed by atoms with Crippen molar-refractivity contribution in [3.05, 3.63) is 63.1 Å². The summed E-state index contributed by atoms with van der Waals surface area (Å²) in [6, 6.07) is 12.5. The largest absolute Gasteiger partial charge is 0.380 e. The summed E-state index contributed by atoms with van der Waals surface area (Å²) >= 11 is 18.5. The van der Waals surface area contributed by atoms with Gasteiger partial charge in [0.1, 0.15) is 5.71 Å². The molecule has 30 heavy (non-hydrogen) atoms. The van der Waals surface area contributed by atoms with Crippen LogP contribution in [-0.4, -0.2) is 43.4 Å². The lowest BCUT2D eigenvalue weighted by Gasteiger charge is -2.25. The summed E-state index contributed by atoms with van der Waals surface area (Å²) in [7, 11) is 1.79. The Balaban J connectivity index is 1.84. The first-order valence-electron chi connectivity index (χ1n) is 9.56. The number of benzene rings is 2. The number of halogens is 3. The van der Waals surface area contributed by atoms with Gasteiger partial charge in [-0.3, -0.25) is 15.2 Å². The number of likely N-dealkylation sites (N-methyl/N-ethyl adjacent to an activating group) is 1. The van der Waals surface area contributed by atoms with Gasteiger partial charge in [0.15, 0.2) is 0 Å². The number of amides is 1. The second-order valence-corrected chi connectivity index (χ2v) is 8.10. The van der Waals surface area contributed by atoms with E-state index in [4.69, 9.17) is 39.5 Å². The van der Waals surface area contributed by atoms with Gasteiger partial charge >= 0.3 is 0 Å². The van der Waals surface area contributed by atoms with Gasteiger partial charge in [-0.25, -0.2) is 5.01 Å². The van der Waals surface area contributed by atoms with Gasteiger partial charge in [-0.15, -0.1) is 0 Å². The topological polar surface area (TPSA) is 57.2 Å². The van der Waals surface area contributed by atoms with Crippen molar-refractivity contribution in [2.75, 3.05) is 31.8 Å². The predicted octanol–water partition coefficient (Wildman–Crippen LogP) is 4.95. The Morgan fingerprint density at radius 3 is 2.57 bits per heavy atom. The third kappa shape index (κ3) is 5.65. The lowest BCUT2D eigenvalue weighted by Crippen LogP contribution is -2.44. The van der Waals surface area contributed by atoms with E-state index in [0.717, 1.165) is 5.56 Å². The lowest BCUT2D eigenvalue weighted by atomic mass is 10.0. The molecule has 6 nitrogen and oxygen atoms in total. The van der Waals surface area contributed by atoms with Crippen molar-refractivity contribution in [2.24, 2.45) is 5.10 Å². The van der Waals surface area contributed by atoms with Crippen LogP contribution in [0.5, 0.6) is 0 Å². The normalized spacial score (nSPS) is 16.1. The number of ether oxygens (including phenoxy) is 1. The number of hydrogen-bond acceptors (Lipinski definition) is 5. The van der Waals surface area contributed by atoms with Crippen LogP contribution in [0.1, 0.15) is 24.9 Å². The number of anilines is 1. The molecule has 1 unspecified atom stereocenters. The maximum Gasteiger partial charge on any atom is 0.281 e. The second-order valence-electron chi connectivity index (χ2n) is 6.82. The Hall–Kier alpha value is -1.83. The average molecular weight is 470 g/mol. The molecule has 0 saturated carbocycles. The minimum absolute atomic E-state index is 0.199. The number of hydrogen-bond donors (Lipinski definition) is 1. The lowest BCUT2D eigenvalue weighted by molar-refractivity contribution is -0.119. The van der Waals surface area contributed by atoms with Gasteiger partial charge in [-0.05, 0) is 42.8 Å². The molecule has 1 atom stereocenters. The maximum atomic E-state index is 12.8. The predicted molar refractivity (Wildman–Crippen MR) is 122 cm³/mol. The fourth-order valence-electron chi connectivity index (χ4n) is 3.12. The van der Waals surface area contributed by atoms with Crippen LogP contribution >= 0.6 is 34.8 Å². The van der Waals surface area contributed by atoms with Crippen molar-refractivity contribution in [2.45, 2.75) is 19.4 Å². The molecule has 0 radical (unpaired) electrons. The molecule has 3 rings (SSSR count). The fourth-order valence-corrected chi connectivity index (χ4v) is 3.74. The zero-order chi connectivity index (χ0) is 21.7. The molecule has 0 spiro atoms. The molecule has 0 fully saturated rings. The number of nitrogens with zero attached hydrogens (tertiary/aromatic N) is 3. The van der Waals surface area contributed by atoms with Crippen LogP contribution in [0, 0.1) is 0 Å². The molecule has 1 amide bonds. The van der Waals surface area contributed by atoms with Crippen molar-refractivity contribution < 1.29 is 9.53 Å². The van der Waals surface area contributed by atoms with Crippen LogP contribution in [0.25, 0.3) is 0 Å². The highest BCUT2D eigenvalue weighted by molar-refractivity contribution is 6.40. The van der Waals surface area contributed by atoms with Crippen LogP contribution in [0.15, 0.2) is 47.6 Å². The first-order valence-corrected chi connectivity index (χ1v) is 10.7. The number of hydrazine groups is 1. The van der Waals surface area contributed by atoms with Gasteiger partial charge < -0.3 is 4.74 Å². The Labute approximate surface area is 191 Å². The van der Waals surface area contributed by atoms with E-state index in [2.05, 4.69) is 10.5 Å². The highest BCUT2D eigenvalue weighted by Gasteiger charge is 2.33. The molecule has 0 aromatic heterocycles. The molecular formula is C21H23Cl3N4O2. The summed E-state index contributed by atoms with van der Waals surface area (Å²) in [5.74, 6) is -0.263. The molecule has 0 saturated heterocycles. The van der Waals surface area contributed by atoms with Crippen LogP contribution < -0.4 is 10.4 Å². The van der Waals surface area contributed by atoms with Gasteiger partial charge in [0.2, 0.25) is 0 Å². The summed E-state index contributed by atoms with van der Waals surface area (Å²) in [4.78, 5) is 12.8. The van der Waals surface area contributed by atoms with E-state index < -0.39 is 0 Å². The first kappa shape index (κ1) is 22.8. The van der Waals surface area contributed by atoms with E-state index in [0.29, 0.717) is 52.6 Å². The van der Waals surface area contributed by atoms with E-state index in [9.17, 15) is 4.79 Å². The average Bonchev–Trinajstić information content (AvgIpc) is 3.14. The third-order valence-electron chi connectivity index (χ3n) is 4.65. The van der Waals surface area contributed by atoms with Gasteiger partial charge in [-0.1, -0.05) is 46.9 Å². The molecular weight excluding hydrogens is 447 g/mol. The van der Waals surface area contributed by atoms with E-state index in [-0.39, 0.29) is 11.9 Å². The fraction of sp³-hybridized carbons (Fsp3) is 0.333. The van der Waals surface area contributed by atoms with Crippen LogP contribution in [-0.2, 0) is 9.53 Å². The van der Waals surface area contributed by atoms with Gasteiger partial charge in [0.05, 0.1) is 23.4 Å². The maximum absolute atomic E-state index is 12.8. The van der Waals surface area contributed by atoms with Gasteiger partial charge in [0, 0.05) is 36.7 Å². The standard InChI is InChI=1S/C21H23Cl3N4O2/c1-3-30-11-10-27(2)26-21(29)18-13-20(14-4-6-15(22)7-5-14)28(25-18)19-9-8-16(23)12-17(19)24/h4-9,12,20H,3,10-11,13H2,1-2H3,(H,26,29). The monoisotopic (exact) mass is 468 g/mol. The minimum Gasteiger partial charge on any atom is -0.380 e. The van der Waals surface area contributed by atoms with Crippen molar-refractivity contribution in [1.82, 2.24) is 10.4 Å². The molecule has 160 valence electrons. The van der Waals surface area contributed by atoms with Crippen LogP contribution in [0.3, 0.4) is 0 Å². The Morgan fingerprint density at radius 1 is 1.20 bits per heavy atom.